The van der Waals surface area contributed by atoms with Crippen LogP contribution in [0.2, 0.25) is 0 Å². The molecule has 2 N–H and O–H groups in total. The summed E-state index contributed by atoms with van der Waals surface area (Å²) in [7, 11) is 0. The van der Waals surface area contributed by atoms with E-state index in [2.05, 4.69) is 5.32 Å². The van der Waals surface area contributed by atoms with E-state index in [0.29, 0.717) is 35.5 Å². The van der Waals surface area contributed by atoms with E-state index in [9.17, 15) is 19.5 Å². The summed E-state index contributed by atoms with van der Waals surface area (Å²) in [5, 5.41) is 14.5. The molecule has 47 heavy (non-hydrogen) atoms. The highest BCUT2D eigenvalue weighted by atomic mass is 19.1. The van der Waals surface area contributed by atoms with Crippen molar-refractivity contribution in [1.29, 1.82) is 0 Å². The van der Waals surface area contributed by atoms with E-state index >= 15 is 8.78 Å². The first-order chi connectivity index (χ1) is 22.5. The van der Waals surface area contributed by atoms with E-state index in [-0.39, 0.29) is 65.9 Å². The molecular weight excluding hydrogens is 608 g/mol. The molecule has 2 aromatic carbocycles. The fourth-order valence-electron chi connectivity index (χ4n) is 6.51. The van der Waals surface area contributed by atoms with E-state index in [0.717, 1.165) is 41.5 Å². The van der Waals surface area contributed by atoms with Crippen molar-refractivity contribution < 1.29 is 33.0 Å². The number of carbonyl (C=O) groups is 2. The molecule has 1 amide bonds. The molecule has 4 heterocycles. The van der Waals surface area contributed by atoms with Crippen molar-refractivity contribution in [3.8, 4) is 17.1 Å². The van der Waals surface area contributed by atoms with Crippen LogP contribution < -0.4 is 15.6 Å². The summed E-state index contributed by atoms with van der Waals surface area (Å²) in [6.45, 7) is 7.12. The lowest BCUT2D eigenvalue weighted by Gasteiger charge is -2.31. The van der Waals surface area contributed by atoms with Crippen LogP contribution in [0, 0.1) is 17.6 Å². The molecule has 246 valence electrons. The zero-order valence-corrected chi connectivity index (χ0v) is 26.8. The van der Waals surface area contributed by atoms with Crippen molar-refractivity contribution in [2.75, 3.05) is 5.32 Å². The van der Waals surface area contributed by atoms with Crippen molar-refractivity contribution in [3.63, 3.8) is 0 Å². The van der Waals surface area contributed by atoms with E-state index < -0.39 is 23.2 Å². The number of esters is 1. The van der Waals surface area contributed by atoms with Crippen LogP contribution in [0.1, 0.15) is 81.2 Å². The molecular formula is C36H37F2N3O6. The number of halogens is 2. The molecule has 0 unspecified atom stereocenters. The lowest BCUT2D eigenvalue weighted by atomic mass is 9.86. The molecule has 0 saturated carbocycles. The normalized spacial score (nSPS) is 17.1. The number of unbranched alkanes of at least 4 members (excludes halogenated alkanes) is 1. The Morgan fingerprint density at radius 2 is 1.85 bits per heavy atom. The Morgan fingerprint density at radius 1 is 1.11 bits per heavy atom. The zero-order chi connectivity index (χ0) is 33.6. The molecule has 0 radical (unpaired) electrons. The van der Waals surface area contributed by atoms with Gasteiger partial charge in [-0.15, -0.1) is 0 Å². The number of aliphatic hydroxyl groups is 1. The van der Waals surface area contributed by atoms with Gasteiger partial charge in [0.2, 0.25) is 5.91 Å². The number of hydrogen-bond donors (Lipinski definition) is 2. The molecule has 0 fully saturated rings. The Morgan fingerprint density at radius 3 is 2.53 bits per heavy atom. The number of rotatable bonds is 10. The summed E-state index contributed by atoms with van der Waals surface area (Å²) in [6, 6.07) is 9.03. The molecule has 11 heteroatoms. The van der Waals surface area contributed by atoms with Gasteiger partial charge in [-0.1, -0.05) is 40.5 Å². The molecule has 2 atom stereocenters. The minimum atomic E-state index is -1.91. The molecule has 0 aliphatic carbocycles. The van der Waals surface area contributed by atoms with Gasteiger partial charge in [0.15, 0.2) is 5.60 Å². The monoisotopic (exact) mass is 645 g/mol. The van der Waals surface area contributed by atoms with Crippen LogP contribution >= 0.6 is 0 Å². The Balaban J connectivity index is 1.28. The van der Waals surface area contributed by atoms with Crippen LogP contribution in [-0.2, 0) is 46.1 Å². The van der Waals surface area contributed by atoms with Gasteiger partial charge in [0.05, 0.1) is 34.6 Å². The maximum absolute atomic E-state index is 15.0. The molecule has 9 nitrogen and oxygen atoms in total. The first-order valence-electron chi connectivity index (χ1n) is 16.0. The van der Waals surface area contributed by atoms with Crippen molar-refractivity contribution in [2.45, 2.75) is 85.2 Å². The molecule has 2 aliphatic heterocycles. The van der Waals surface area contributed by atoms with Crippen molar-refractivity contribution in [2.24, 2.45) is 5.92 Å². The summed E-state index contributed by atoms with van der Waals surface area (Å²) < 4.78 is 42.6. The van der Waals surface area contributed by atoms with E-state index in [1.54, 1.807) is 42.7 Å². The number of carbonyl (C=O) groups excluding carboxylic acids is 2. The van der Waals surface area contributed by atoms with Gasteiger partial charge in [0.1, 0.15) is 30.6 Å². The average molecular weight is 646 g/mol. The molecule has 0 saturated heterocycles. The fraction of sp³-hybridized carbons (Fsp3) is 0.389. The third-order valence-corrected chi connectivity index (χ3v) is 9.36. The first-order valence-corrected chi connectivity index (χ1v) is 16.0. The van der Waals surface area contributed by atoms with Crippen molar-refractivity contribution >= 4 is 28.5 Å². The molecule has 4 aromatic rings. The number of cyclic esters (lactones) is 1. The van der Waals surface area contributed by atoms with Crippen LogP contribution in [0.5, 0.6) is 5.75 Å². The fourth-order valence-corrected chi connectivity index (χ4v) is 6.51. The summed E-state index contributed by atoms with van der Waals surface area (Å²) in [5.41, 5.74) is 1.53. The number of fused-ring (bicyclic) bond motifs is 5. The van der Waals surface area contributed by atoms with Gasteiger partial charge < -0.3 is 24.5 Å². The lowest BCUT2D eigenvalue weighted by Crippen LogP contribution is -2.44. The van der Waals surface area contributed by atoms with Gasteiger partial charge in [-0.25, -0.2) is 18.6 Å². The van der Waals surface area contributed by atoms with Crippen LogP contribution in [0.15, 0.2) is 41.2 Å². The van der Waals surface area contributed by atoms with Gasteiger partial charge in [0, 0.05) is 28.1 Å². The van der Waals surface area contributed by atoms with Gasteiger partial charge in [-0.3, -0.25) is 9.59 Å². The largest absolute Gasteiger partial charge is 0.489 e. The number of anilines is 1. The number of hydrogen-bond acceptors (Lipinski definition) is 7. The standard InChI is InChI=1S/C36H37F2N3O6/c1-5-8-9-19(4)33(42)39-20-12-28(37)26(29(38)13-20)18-46-21-10-11-30-23(14-21)22(6-2)24-16-41-31(32(24)40-30)15-27-25(34(41)43)17-47-35(44)36(27,45)7-3/h10-15,19,45H,5-9,16-18H2,1-4H3,(H,39,42)/t19-,36-/m0/s1. The lowest BCUT2D eigenvalue weighted by molar-refractivity contribution is -0.172. The SMILES string of the molecule is CCCC[C@H](C)C(=O)Nc1cc(F)c(COc2ccc3nc4c(c(CC)c3c2)Cn2c-4cc3c(c2=O)COC(=O)[C@]3(O)CC)c(F)c1. The second kappa shape index (κ2) is 12.5. The Hall–Kier alpha value is -4.64. The summed E-state index contributed by atoms with van der Waals surface area (Å²) in [5.74, 6) is -2.63. The van der Waals surface area contributed by atoms with Crippen molar-refractivity contribution in [3.05, 3.63) is 86.2 Å². The maximum Gasteiger partial charge on any atom is 0.343 e. The number of aryl methyl sites for hydroxylation is 1. The predicted octanol–water partition coefficient (Wildman–Crippen LogP) is 6.26. The quantitative estimate of drug-likeness (QED) is 0.172. The molecule has 0 bridgehead atoms. The van der Waals surface area contributed by atoms with Gasteiger partial charge in [0.25, 0.3) is 5.56 Å². The number of ether oxygens (including phenoxy) is 2. The van der Waals surface area contributed by atoms with Gasteiger partial charge in [-0.2, -0.15) is 0 Å². The Kier molecular flexibility index (Phi) is 8.61. The Bertz CT molecular complexity index is 1970. The maximum atomic E-state index is 15.0. The molecule has 6 rings (SSSR count). The van der Waals surface area contributed by atoms with E-state index in [4.69, 9.17) is 14.5 Å². The topological polar surface area (TPSA) is 120 Å². The van der Waals surface area contributed by atoms with Gasteiger partial charge in [-0.05, 0) is 61.2 Å². The van der Waals surface area contributed by atoms with Gasteiger partial charge >= 0.3 is 5.97 Å². The van der Waals surface area contributed by atoms with Crippen LogP contribution in [0.25, 0.3) is 22.3 Å². The number of nitrogens with zero attached hydrogens (tertiary/aromatic N) is 2. The molecule has 2 aliphatic rings. The minimum Gasteiger partial charge on any atom is -0.489 e. The number of amides is 1. The number of pyridine rings is 2. The van der Waals surface area contributed by atoms with Crippen molar-refractivity contribution in [1.82, 2.24) is 9.55 Å². The highest BCUT2D eigenvalue weighted by Crippen LogP contribution is 2.41. The van der Waals surface area contributed by atoms with E-state index in [1.165, 1.54) is 0 Å². The molecule has 0 spiro atoms. The molecule has 2 aromatic heterocycles. The van der Waals surface area contributed by atoms with Crippen LogP contribution in [0.3, 0.4) is 0 Å². The van der Waals surface area contributed by atoms with Crippen LogP contribution in [0.4, 0.5) is 14.5 Å². The summed E-state index contributed by atoms with van der Waals surface area (Å²) in [4.78, 5) is 43.4. The minimum absolute atomic E-state index is 0.0507. The second-order valence-electron chi connectivity index (χ2n) is 12.3. The predicted molar refractivity (Wildman–Crippen MR) is 172 cm³/mol. The highest BCUT2D eigenvalue weighted by Gasteiger charge is 2.45. The first kappa shape index (κ1) is 32.3. The summed E-state index contributed by atoms with van der Waals surface area (Å²) >= 11 is 0. The highest BCUT2D eigenvalue weighted by molar-refractivity contribution is 5.92. The van der Waals surface area contributed by atoms with E-state index in [1.807, 2.05) is 13.8 Å². The third-order valence-electron chi connectivity index (χ3n) is 9.36. The average Bonchev–Trinajstić information content (AvgIpc) is 3.42. The zero-order valence-electron chi connectivity index (χ0n) is 26.8. The smallest absolute Gasteiger partial charge is 0.343 e. The third kappa shape index (κ3) is 5.56. The second-order valence-corrected chi connectivity index (χ2v) is 12.3. The summed E-state index contributed by atoms with van der Waals surface area (Å²) in [6.07, 6.45) is 3.18. The number of benzene rings is 2. The van der Waals surface area contributed by atoms with Crippen LogP contribution in [-0.4, -0.2) is 26.5 Å². The number of aromatic nitrogens is 2. The Labute approximate surface area is 270 Å². The number of nitrogens with one attached hydrogen (secondary N) is 1.